The Morgan fingerprint density at radius 1 is 1.23 bits per heavy atom. The molecular weight excluding hydrogens is 300 g/mol. The molecule has 116 valence electrons. The first-order chi connectivity index (χ1) is 10.5. The number of benzene rings is 1. The number of likely N-dealkylation sites (N-methyl/N-ethyl adjacent to an activating group) is 1. The van der Waals surface area contributed by atoms with Crippen molar-refractivity contribution >= 4 is 28.9 Å². The van der Waals surface area contributed by atoms with Crippen LogP contribution in [0.2, 0.25) is 5.02 Å². The van der Waals surface area contributed by atoms with Gasteiger partial charge in [0.1, 0.15) is 5.69 Å². The molecule has 2 rings (SSSR count). The fourth-order valence-corrected chi connectivity index (χ4v) is 2.04. The predicted molar refractivity (Wildman–Crippen MR) is 90.7 cm³/mol. The first kappa shape index (κ1) is 16.3. The number of carbonyl (C=O) groups excluding carboxylic acids is 1. The number of nitrogens with zero attached hydrogens (tertiary/aromatic N) is 2. The van der Waals surface area contributed by atoms with Crippen LogP contribution in [-0.2, 0) is 0 Å². The maximum Gasteiger partial charge on any atom is 0.274 e. The number of rotatable bonds is 6. The molecule has 0 spiro atoms. The van der Waals surface area contributed by atoms with Gasteiger partial charge in [-0.25, -0.2) is 0 Å². The molecule has 0 aliphatic heterocycles. The normalized spacial score (nSPS) is 10.5. The molecule has 6 heteroatoms. The Balaban J connectivity index is 2.00. The topological polar surface area (TPSA) is 57.3 Å². The van der Waals surface area contributed by atoms with Crippen molar-refractivity contribution in [2.75, 3.05) is 37.8 Å². The SMILES string of the molecule is CN(C)CCNc1ccnc(C(=O)Nc2cccc(Cl)c2)c1. The van der Waals surface area contributed by atoms with E-state index in [0.29, 0.717) is 16.4 Å². The Morgan fingerprint density at radius 3 is 2.77 bits per heavy atom. The summed E-state index contributed by atoms with van der Waals surface area (Å²) in [4.78, 5) is 18.4. The maximum atomic E-state index is 12.2. The van der Waals surface area contributed by atoms with Gasteiger partial charge in [0.05, 0.1) is 0 Å². The van der Waals surface area contributed by atoms with Crippen LogP contribution >= 0.6 is 11.6 Å². The van der Waals surface area contributed by atoms with E-state index >= 15 is 0 Å². The van der Waals surface area contributed by atoms with Gasteiger partial charge in [0.15, 0.2) is 0 Å². The van der Waals surface area contributed by atoms with Crippen molar-refractivity contribution in [2.45, 2.75) is 0 Å². The predicted octanol–water partition coefficient (Wildman–Crippen LogP) is 2.96. The van der Waals surface area contributed by atoms with Gasteiger partial charge in [-0.05, 0) is 44.4 Å². The first-order valence-electron chi connectivity index (χ1n) is 6.96. The van der Waals surface area contributed by atoms with Crippen molar-refractivity contribution < 1.29 is 4.79 Å². The number of carbonyl (C=O) groups is 1. The molecule has 2 aromatic rings. The van der Waals surface area contributed by atoms with Crippen LogP contribution in [0, 0.1) is 0 Å². The number of aromatic nitrogens is 1. The third kappa shape index (κ3) is 5.02. The summed E-state index contributed by atoms with van der Waals surface area (Å²) in [5, 5.41) is 6.61. The highest BCUT2D eigenvalue weighted by Gasteiger charge is 2.08. The molecule has 22 heavy (non-hydrogen) atoms. The molecule has 2 N–H and O–H groups in total. The second-order valence-corrected chi connectivity index (χ2v) is 5.56. The first-order valence-corrected chi connectivity index (χ1v) is 7.34. The lowest BCUT2D eigenvalue weighted by molar-refractivity contribution is 0.102. The van der Waals surface area contributed by atoms with Gasteiger partial charge in [-0.2, -0.15) is 0 Å². The highest BCUT2D eigenvalue weighted by Crippen LogP contribution is 2.16. The summed E-state index contributed by atoms with van der Waals surface area (Å²) in [5.41, 5.74) is 1.87. The van der Waals surface area contributed by atoms with Crippen molar-refractivity contribution in [1.29, 1.82) is 0 Å². The third-order valence-electron chi connectivity index (χ3n) is 2.96. The van der Waals surface area contributed by atoms with Gasteiger partial charge in [0, 0.05) is 35.7 Å². The zero-order chi connectivity index (χ0) is 15.9. The van der Waals surface area contributed by atoms with Crippen LogP contribution in [-0.4, -0.2) is 43.0 Å². The summed E-state index contributed by atoms with van der Waals surface area (Å²) in [6, 6.07) is 10.6. The fraction of sp³-hybridized carbons (Fsp3) is 0.250. The lowest BCUT2D eigenvalue weighted by Crippen LogP contribution is -2.21. The standard InChI is InChI=1S/C16H19ClN4O/c1-21(2)9-8-18-13-6-7-19-15(11-13)16(22)20-14-5-3-4-12(17)10-14/h3-7,10-11H,8-9H2,1-2H3,(H,18,19)(H,20,22). The minimum atomic E-state index is -0.265. The molecule has 0 aliphatic carbocycles. The number of hydrogen-bond donors (Lipinski definition) is 2. The second kappa shape index (κ2) is 7.77. The summed E-state index contributed by atoms with van der Waals surface area (Å²) < 4.78 is 0. The van der Waals surface area contributed by atoms with Crippen LogP contribution in [0.1, 0.15) is 10.5 Å². The van der Waals surface area contributed by atoms with Gasteiger partial charge >= 0.3 is 0 Å². The van der Waals surface area contributed by atoms with Crippen LogP contribution in [0.3, 0.4) is 0 Å². The highest BCUT2D eigenvalue weighted by atomic mass is 35.5. The fourth-order valence-electron chi connectivity index (χ4n) is 1.85. The van der Waals surface area contributed by atoms with Gasteiger partial charge < -0.3 is 15.5 Å². The van der Waals surface area contributed by atoms with E-state index in [1.165, 1.54) is 0 Å². The molecule has 1 amide bonds. The lowest BCUT2D eigenvalue weighted by atomic mass is 10.2. The highest BCUT2D eigenvalue weighted by molar-refractivity contribution is 6.30. The van der Waals surface area contributed by atoms with Crippen molar-refractivity contribution in [2.24, 2.45) is 0 Å². The molecule has 0 aliphatic rings. The van der Waals surface area contributed by atoms with Crippen LogP contribution < -0.4 is 10.6 Å². The van der Waals surface area contributed by atoms with Crippen LogP contribution in [0.5, 0.6) is 0 Å². The van der Waals surface area contributed by atoms with Gasteiger partial charge in [0.25, 0.3) is 5.91 Å². The quantitative estimate of drug-likeness (QED) is 0.859. The zero-order valence-corrected chi connectivity index (χ0v) is 13.4. The molecule has 1 aromatic carbocycles. The van der Waals surface area contributed by atoms with E-state index in [4.69, 9.17) is 11.6 Å². The molecule has 1 aromatic heterocycles. The zero-order valence-electron chi connectivity index (χ0n) is 12.6. The Morgan fingerprint density at radius 2 is 2.05 bits per heavy atom. The number of halogens is 1. The lowest BCUT2D eigenvalue weighted by Gasteiger charge is -2.12. The molecule has 0 saturated heterocycles. The number of pyridine rings is 1. The Kier molecular flexibility index (Phi) is 5.75. The number of amides is 1. The minimum absolute atomic E-state index is 0.265. The summed E-state index contributed by atoms with van der Waals surface area (Å²) in [6.45, 7) is 1.71. The average molecular weight is 319 g/mol. The van der Waals surface area contributed by atoms with Crippen molar-refractivity contribution in [3.05, 3.63) is 53.3 Å². The Labute approximate surface area is 135 Å². The summed E-state index contributed by atoms with van der Waals surface area (Å²) >= 11 is 5.90. The largest absolute Gasteiger partial charge is 0.384 e. The van der Waals surface area contributed by atoms with E-state index in [1.807, 2.05) is 20.2 Å². The number of anilines is 2. The monoisotopic (exact) mass is 318 g/mol. The molecule has 0 atom stereocenters. The molecule has 0 bridgehead atoms. The van der Waals surface area contributed by atoms with E-state index in [0.717, 1.165) is 18.8 Å². The van der Waals surface area contributed by atoms with Crippen molar-refractivity contribution in [1.82, 2.24) is 9.88 Å². The third-order valence-corrected chi connectivity index (χ3v) is 3.20. The van der Waals surface area contributed by atoms with Crippen molar-refractivity contribution in [3.63, 3.8) is 0 Å². The molecule has 5 nitrogen and oxygen atoms in total. The van der Waals surface area contributed by atoms with Gasteiger partial charge in [-0.15, -0.1) is 0 Å². The Hall–Kier alpha value is -2.11. The molecular formula is C16H19ClN4O. The van der Waals surface area contributed by atoms with Crippen molar-refractivity contribution in [3.8, 4) is 0 Å². The molecule has 1 heterocycles. The molecule has 0 unspecified atom stereocenters. The van der Waals surface area contributed by atoms with Gasteiger partial charge in [-0.3, -0.25) is 9.78 Å². The summed E-state index contributed by atoms with van der Waals surface area (Å²) in [7, 11) is 4.02. The summed E-state index contributed by atoms with van der Waals surface area (Å²) in [6.07, 6.45) is 1.62. The van der Waals surface area contributed by atoms with E-state index < -0.39 is 0 Å². The van der Waals surface area contributed by atoms with Crippen LogP contribution in [0.4, 0.5) is 11.4 Å². The molecule has 0 radical (unpaired) electrons. The van der Waals surface area contributed by atoms with E-state index in [1.54, 1.807) is 36.5 Å². The van der Waals surface area contributed by atoms with E-state index in [2.05, 4.69) is 20.5 Å². The Bertz CT molecular complexity index is 646. The number of hydrogen-bond acceptors (Lipinski definition) is 4. The van der Waals surface area contributed by atoms with Crippen LogP contribution in [0.25, 0.3) is 0 Å². The molecule has 0 fully saturated rings. The average Bonchev–Trinajstić information content (AvgIpc) is 2.47. The van der Waals surface area contributed by atoms with E-state index in [-0.39, 0.29) is 5.91 Å². The smallest absolute Gasteiger partial charge is 0.274 e. The number of nitrogens with one attached hydrogen (secondary N) is 2. The van der Waals surface area contributed by atoms with Crippen LogP contribution in [0.15, 0.2) is 42.6 Å². The maximum absolute atomic E-state index is 12.2. The molecule has 0 saturated carbocycles. The van der Waals surface area contributed by atoms with E-state index in [9.17, 15) is 4.79 Å². The minimum Gasteiger partial charge on any atom is -0.384 e. The summed E-state index contributed by atoms with van der Waals surface area (Å²) in [5.74, 6) is -0.265. The second-order valence-electron chi connectivity index (χ2n) is 5.12. The van der Waals surface area contributed by atoms with Gasteiger partial charge in [-0.1, -0.05) is 17.7 Å². The van der Waals surface area contributed by atoms with Gasteiger partial charge in [0.2, 0.25) is 0 Å².